The van der Waals surface area contributed by atoms with E-state index in [0.29, 0.717) is 30.8 Å². The van der Waals surface area contributed by atoms with Crippen LogP contribution in [0.25, 0.3) is 0 Å². The quantitative estimate of drug-likeness (QED) is 0.497. The second-order valence-electron chi connectivity index (χ2n) is 9.25. The molecule has 0 spiro atoms. The van der Waals surface area contributed by atoms with Crippen LogP contribution in [0.1, 0.15) is 34.1 Å². The van der Waals surface area contributed by atoms with Crippen LogP contribution >= 0.6 is 0 Å². The first-order chi connectivity index (χ1) is 17.8. The number of fused-ring (bicyclic) bond motifs is 1. The number of amides is 2. The topological polar surface area (TPSA) is 84.0 Å². The molecule has 9 heteroatoms. The van der Waals surface area contributed by atoms with Gasteiger partial charge in [-0.1, -0.05) is 42.5 Å². The van der Waals surface area contributed by atoms with Crippen molar-refractivity contribution in [1.82, 2.24) is 15.2 Å². The van der Waals surface area contributed by atoms with Crippen LogP contribution in [0.15, 0.2) is 60.7 Å². The van der Waals surface area contributed by atoms with E-state index in [9.17, 15) is 14.0 Å². The Labute approximate surface area is 216 Å². The maximum absolute atomic E-state index is 13.5. The minimum atomic E-state index is -0.529. The summed E-state index contributed by atoms with van der Waals surface area (Å²) in [6.07, 6.45) is -0.211. The molecule has 1 atom stereocenters. The number of halogens is 1. The van der Waals surface area contributed by atoms with E-state index in [0.717, 1.165) is 11.1 Å². The van der Waals surface area contributed by atoms with Crippen molar-refractivity contribution in [3.05, 3.63) is 88.9 Å². The Morgan fingerprint density at radius 2 is 1.86 bits per heavy atom. The molecule has 0 unspecified atom stereocenters. The lowest BCUT2D eigenvalue weighted by Gasteiger charge is -2.34. The monoisotopic (exact) mass is 506 g/mol. The van der Waals surface area contributed by atoms with Crippen LogP contribution in [0.5, 0.6) is 5.88 Å². The zero-order valence-electron chi connectivity index (χ0n) is 21.2. The fourth-order valence-electron chi connectivity index (χ4n) is 4.01. The maximum Gasteiger partial charge on any atom is 0.415 e. The highest BCUT2D eigenvalue weighted by molar-refractivity contribution is 5.96. The lowest BCUT2D eigenvalue weighted by molar-refractivity contribution is 0.0943. The van der Waals surface area contributed by atoms with Crippen molar-refractivity contribution in [3.8, 4) is 5.88 Å². The molecule has 1 aliphatic rings. The van der Waals surface area contributed by atoms with Crippen molar-refractivity contribution >= 4 is 17.7 Å². The zero-order valence-corrected chi connectivity index (χ0v) is 21.2. The molecule has 0 radical (unpaired) electrons. The van der Waals surface area contributed by atoms with Gasteiger partial charge in [0.1, 0.15) is 30.4 Å². The van der Waals surface area contributed by atoms with Gasteiger partial charge in [-0.15, -0.1) is 0 Å². The van der Waals surface area contributed by atoms with Gasteiger partial charge < -0.3 is 19.7 Å². The third-order valence-corrected chi connectivity index (χ3v) is 5.98. The average molecular weight is 507 g/mol. The van der Waals surface area contributed by atoms with Gasteiger partial charge in [0.25, 0.3) is 5.91 Å². The number of rotatable bonds is 8. The van der Waals surface area contributed by atoms with Gasteiger partial charge in [-0.25, -0.2) is 14.2 Å². The zero-order chi connectivity index (χ0) is 26.4. The number of likely N-dealkylation sites (N-methyl/N-ethyl adjacent to an activating group) is 1. The average Bonchev–Trinajstić information content (AvgIpc) is 2.88. The van der Waals surface area contributed by atoms with Gasteiger partial charge in [-0.2, -0.15) is 0 Å². The van der Waals surface area contributed by atoms with E-state index in [1.165, 1.54) is 17.0 Å². The third kappa shape index (κ3) is 6.62. The van der Waals surface area contributed by atoms with Crippen molar-refractivity contribution in [2.75, 3.05) is 38.7 Å². The molecular formula is C28H31FN4O4. The van der Waals surface area contributed by atoms with Gasteiger partial charge in [0.05, 0.1) is 6.04 Å². The van der Waals surface area contributed by atoms with E-state index in [2.05, 4.69) is 10.3 Å². The molecule has 194 valence electrons. The van der Waals surface area contributed by atoms with Gasteiger partial charge in [-0.3, -0.25) is 9.69 Å². The Bertz CT molecular complexity index is 1230. The lowest BCUT2D eigenvalue weighted by Crippen LogP contribution is -2.46. The summed E-state index contributed by atoms with van der Waals surface area (Å²) in [6, 6.07) is 16.9. The largest absolute Gasteiger partial charge is 0.474 e. The molecule has 0 saturated heterocycles. The first kappa shape index (κ1) is 26.1. The highest BCUT2D eigenvalue weighted by atomic mass is 19.1. The van der Waals surface area contributed by atoms with Crippen LogP contribution < -0.4 is 15.0 Å². The fourth-order valence-corrected chi connectivity index (χ4v) is 4.01. The first-order valence-corrected chi connectivity index (χ1v) is 12.2. The van der Waals surface area contributed by atoms with Gasteiger partial charge in [-0.05, 0) is 62.3 Å². The van der Waals surface area contributed by atoms with E-state index in [-0.39, 0.29) is 42.6 Å². The van der Waals surface area contributed by atoms with Gasteiger partial charge in [0, 0.05) is 13.1 Å². The summed E-state index contributed by atoms with van der Waals surface area (Å²) in [4.78, 5) is 34.3. The van der Waals surface area contributed by atoms with E-state index < -0.39 is 6.09 Å². The molecule has 1 aromatic heterocycles. The summed E-state index contributed by atoms with van der Waals surface area (Å²) < 4.78 is 24.9. The van der Waals surface area contributed by atoms with Crippen LogP contribution in [-0.2, 0) is 17.8 Å². The summed E-state index contributed by atoms with van der Waals surface area (Å²) in [5.74, 6) is -0.499. The Morgan fingerprint density at radius 3 is 2.57 bits per heavy atom. The van der Waals surface area contributed by atoms with Crippen LogP contribution in [0.4, 0.5) is 14.9 Å². The number of ether oxygens (including phenoxy) is 2. The molecule has 8 nitrogen and oxygen atoms in total. The fraction of sp³-hybridized carbons (Fsp3) is 0.321. The molecule has 4 rings (SSSR count). The highest BCUT2D eigenvalue weighted by Crippen LogP contribution is 2.35. The van der Waals surface area contributed by atoms with Crippen LogP contribution in [0.3, 0.4) is 0 Å². The van der Waals surface area contributed by atoms with E-state index >= 15 is 0 Å². The van der Waals surface area contributed by atoms with E-state index in [4.69, 9.17) is 9.47 Å². The van der Waals surface area contributed by atoms with E-state index in [1.807, 2.05) is 56.3 Å². The minimum Gasteiger partial charge on any atom is -0.474 e. The Hall–Kier alpha value is -3.98. The number of anilines is 1. The Morgan fingerprint density at radius 1 is 1.14 bits per heavy atom. The number of hydrogen-bond donors (Lipinski definition) is 1. The molecule has 0 saturated carbocycles. The molecular weight excluding hydrogens is 475 g/mol. The molecule has 1 aliphatic heterocycles. The molecule has 0 fully saturated rings. The number of nitrogens with zero attached hydrogens (tertiary/aromatic N) is 3. The molecule has 37 heavy (non-hydrogen) atoms. The van der Waals surface area contributed by atoms with Gasteiger partial charge >= 0.3 is 6.09 Å². The van der Waals surface area contributed by atoms with Crippen molar-refractivity contribution in [3.63, 3.8) is 0 Å². The maximum atomic E-state index is 13.5. The smallest absolute Gasteiger partial charge is 0.415 e. The summed E-state index contributed by atoms with van der Waals surface area (Å²) in [7, 11) is 3.84. The number of carbonyl (C=O) groups excluding carboxylic acids is 2. The molecule has 1 N–H and O–H groups in total. The third-order valence-electron chi connectivity index (χ3n) is 5.98. The number of aromatic nitrogens is 1. The number of carbonyl (C=O) groups is 2. The van der Waals surface area contributed by atoms with Crippen LogP contribution in [-0.4, -0.2) is 61.7 Å². The predicted octanol–water partition coefficient (Wildman–Crippen LogP) is 4.03. The summed E-state index contributed by atoms with van der Waals surface area (Å²) in [6.45, 7) is 3.30. The molecule has 2 amide bonds. The summed E-state index contributed by atoms with van der Waals surface area (Å²) >= 11 is 0. The van der Waals surface area contributed by atoms with Crippen molar-refractivity contribution in [1.29, 1.82) is 0 Å². The summed E-state index contributed by atoms with van der Waals surface area (Å²) in [5, 5.41) is 2.89. The SMILES string of the molecule is C[C@H]1COc2nc(C(=O)NCCN(C)C)c(Cc3ccc(F)cc3)cc2N1C(=O)OCc1ccccc1. The minimum absolute atomic E-state index is 0.126. The van der Waals surface area contributed by atoms with Gasteiger partial charge in [0.2, 0.25) is 5.88 Å². The molecule has 0 aliphatic carbocycles. The lowest BCUT2D eigenvalue weighted by atomic mass is 10.0. The number of benzene rings is 2. The van der Waals surface area contributed by atoms with Crippen LogP contribution in [0, 0.1) is 5.82 Å². The highest BCUT2D eigenvalue weighted by Gasteiger charge is 2.34. The molecule has 3 aromatic rings. The standard InChI is InChI=1S/C28H31FN4O4/c1-19-17-36-27-24(33(19)28(35)37-18-21-7-5-4-6-8-21)16-22(15-20-9-11-23(29)12-10-20)25(31-27)26(34)30-13-14-32(2)3/h4-12,16,19H,13-15,17-18H2,1-3H3,(H,30,34)/t19-/m0/s1. The Balaban J connectivity index is 1.65. The molecule has 0 bridgehead atoms. The predicted molar refractivity (Wildman–Crippen MR) is 138 cm³/mol. The van der Waals surface area contributed by atoms with E-state index in [1.54, 1.807) is 18.2 Å². The Kier molecular flexibility index (Phi) is 8.35. The first-order valence-electron chi connectivity index (χ1n) is 12.2. The second-order valence-corrected chi connectivity index (χ2v) is 9.25. The molecule has 2 aromatic carbocycles. The van der Waals surface area contributed by atoms with Gasteiger partial charge in [0.15, 0.2) is 0 Å². The van der Waals surface area contributed by atoms with Crippen LogP contribution in [0.2, 0.25) is 0 Å². The second kappa shape index (κ2) is 11.8. The molecule has 2 heterocycles. The normalized spacial score (nSPS) is 14.6. The summed E-state index contributed by atoms with van der Waals surface area (Å²) in [5.41, 5.74) is 2.89. The van der Waals surface area contributed by atoms with Crippen molar-refractivity contribution in [2.24, 2.45) is 0 Å². The van der Waals surface area contributed by atoms with Crippen molar-refractivity contribution < 1.29 is 23.5 Å². The number of hydrogen-bond acceptors (Lipinski definition) is 6. The number of pyridine rings is 1. The number of nitrogens with one attached hydrogen (secondary N) is 1. The van der Waals surface area contributed by atoms with Crippen molar-refractivity contribution in [2.45, 2.75) is 26.0 Å².